The molecule has 3 fully saturated rings. The molecular formula is C13H22N2O2. The number of piperidine rings is 1. The second-order valence-electron chi connectivity index (χ2n) is 5.83. The van der Waals surface area contributed by atoms with Crippen molar-refractivity contribution >= 4 is 5.91 Å². The van der Waals surface area contributed by atoms with E-state index in [4.69, 9.17) is 4.74 Å². The molecule has 0 aromatic carbocycles. The first-order chi connectivity index (χ1) is 8.29. The quantitative estimate of drug-likeness (QED) is 0.728. The maximum absolute atomic E-state index is 12.3. The van der Waals surface area contributed by atoms with Crippen molar-refractivity contribution in [2.75, 3.05) is 39.4 Å². The second-order valence-corrected chi connectivity index (χ2v) is 5.83. The monoisotopic (exact) mass is 238 g/mol. The van der Waals surface area contributed by atoms with Gasteiger partial charge in [0.1, 0.15) is 0 Å². The summed E-state index contributed by atoms with van der Waals surface area (Å²) in [6.45, 7) is 5.78. The van der Waals surface area contributed by atoms with Gasteiger partial charge >= 0.3 is 0 Å². The third-order valence-electron chi connectivity index (χ3n) is 4.60. The average molecular weight is 238 g/mol. The summed E-state index contributed by atoms with van der Waals surface area (Å²) in [7, 11) is 0. The van der Waals surface area contributed by atoms with Crippen LogP contribution in [0.25, 0.3) is 0 Å². The summed E-state index contributed by atoms with van der Waals surface area (Å²) in [6.07, 6.45) is 4.32. The van der Waals surface area contributed by atoms with Crippen molar-refractivity contribution in [3.63, 3.8) is 0 Å². The van der Waals surface area contributed by atoms with Gasteiger partial charge in [-0.2, -0.15) is 0 Å². The highest BCUT2D eigenvalue weighted by atomic mass is 16.5. The summed E-state index contributed by atoms with van der Waals surface area (Å²) in [5.41, 5.74) is 0.464. The Morgan fingerprint density at radius 2 is 1.82 bits per heavy atom. The fourth-order valence-electron chi connectivity index (χ4n) is 3.40. The molecule has 0 aromatic heterocycles. The molecule has 0 unspecified atom stereocenters. The van der Waals surface area contributed by atoms with Crippen LogP contribution in [-0.4, -0.2) is 50.2 Å². The maximum Gasteiger partial charge on any atom is 0.225 e. The first-order valence-electron chi connectivity index (χ1n) is 6.86. The van der Waals surface area contributed by atoms with Crippen LogP contribution < -0.4 is 5.32 Å². The van der Waals surface area contributed by atoms with Crippen LogP contribution in [0.15, 0.2) is 0 Å². The minimum absolute atomic E-state index is 0.239. The van der Waals surface area contributed by atoms with Gasteiger partial charge in [0.05, 0.1) is 0 Å². The summed E-state index contributed by atoms with van der Waals surface area (Å²) in [6, 6.07) is 0. The molecule has 3 rings (SSSR count). The molecule has 4 nitrogen and oxygen atoms in total. The minimum Gasteiger partial charge on any atom is -0.381 e. The van der Waals surface area contributed by atoms with Crippen molar-refractivity contribution in [2.24, 2.45) is 11.3 Å². The first kappa shape index (κ1) is 11.5. The van der Waals surface area contributed by atoms with Crippen LogP contribution in [0.4, 0.5) is 0 Å². The highest BCUT2D eigenvalue weighted by Gasteiger charge is 2.46. The fourth-order valence-corrected chi connectivity index (χ4v) is 3.40. The van der Waals surface area contributed by atoms with E-state index in [1.165, 1.54) is 12.8 Å². The van der Waals surface area contributed by atoms with E-state index >= 15 is 0 Å². The zero-order valence-electron chi connectivity index (χ0n) is 10.4. The Hall–Kier alpha value is -0.610. The Morgan fingerprint density at radius 3 is 2.47 bits per heavy atom. The van der Waals surface area contributed by atoms with Crippen molar-refractivity contribution in [1.82, 2.24) is 10.2 Å². The molecule has 96 valence electrons. The van der Waals surface area contributed by atoms with Gasteiger partial charge in [-0.3, -0.25) is 4.79 Å². The molecule has 0 aliphatic carbocycles. The lowest BCUT2D eigenvalue weighted by molar-refractivity contribution is -0.152. The number of nitrogens with zero attached hydrogens (tertiary/aromatic N) is 1. The zero-order valence-corrected chi connectivity index (χ0v) is 10.4. The Bertz CT molecular complexity index is 286. The van der Waals surface area contributed by atoms with E-state index < -0.39 is 0 Å². The third kappa shape index (κ3) is 2.20. The smallest absolute Gasteiger partial charge is 0.225 e. The van der Waals surface area contributed by atoms with Crippen LogP contribution in [0, 0.1) is 11.3 Å². The minimum atomic E-state index is 0.239. The van der Waals surface area contributed by atoms with Gasteiger partial charge in [-0.25, -0.2) is 0 Å². The summed E-state index contributed by atoms with van der Waals surface area (Å²) < 4.78 is 5.31. The highest BCUT2D eigenvalue weighted by molar-refractivity contribution is 5.80. The number of rotatable bonds is 1. The molecular weight excluding hydrogens is 216 g/mol. The van der Waals surface area contributed by atoms with Gasteiger partial charge in [0.25, 0.3) is 0 Å². The number of hydrogen-bond donors (Lipinski definition) is 1. The molecule has 3 aliphatic heterocycles. The van der Waals surface area contributed by atoms with Gasteiger partial charge < -0.3 is 15.0 Å². The molecule has 4 heteroatoms. The van der Waals surface area contributed by atoms with Crippen LogP contribution >= 0.6 is 0 Å². The molecule has 3 aliphatic rings. The van der Waals surface area contributed by atoms with Crippen molar-refractivity contribution in [3.05, 3.63) is 0 Å². The Kier molecular flexibility index (Phi) is 3.09. The molecule has 0 saturated carbocycles. The maximum atomic E-state index is 12.3. The molecule has 1 N–H and O–H groups in total. The van der Waals surface area contributed by atoms with Gasteiger partial charge in [0.2, 0.25) is 5.91 Å². The van der Waals surface area contributed by atoms with Crippen LogP contribution in [0.2, 0.25) is 0 Å². The molecule has 0 bridgehead atoms. The molecule has 17 heavy (non-hydrogen) atoms. The van der Waals surface area contributed by atoms with Crippen LogP contribution in [-0.2, 0) is 9.53 Å². The summed E-state index contributed by atoms with van der Waals surface area (Å²) in [4.78, 5) is 14.3. The van der Waals surface area contributed by atoms with E-state index in [1.54, 1.807) is 0 Å². The van der Waals surface area contributed by atoms with E-state index in [1.807, 2.05) is 0 Å². The van der Waals surface area contributed by atoms with Gasteiger partial charge in [-0.1, -0.05) is 0 Å². The number of likely N-dealkylation sites (tertiary alicyclic amines) is 1. The summed E-state index contributed by atoms with van der Waals surface area (Å²) in [5, 5.41) is 3.40. The fraction of sp³-hybridized carbons (Fsp3) is 0.923. The van der Waals surface area contributed by atoms with Crippen LogP contribution in [0.3, 0.4) is 0 Å². The van der Waals surface area contributed by atoms with Crippen molar-refractivity contribution < 1.29 is 9.53 Å². The van der Waals surface area contributed by atoms with E-state index in [2.05, 4.69) is 10.2 Å². The topological polar surface area (TPSA) is 41.6 Å². The Balaban J connectivity index is 1.52. The van der Waals surface area contributed by atoms with E-state index in [9.17, 15) is 4.79 Å². The van der Waals surface area contributed by atoms with Crippen LogP contribution in [0.1, 0.15) is 25.7 Å². The number of nitrogens with one attached hydrogen (secondary N) is 1. The van der Waals surface area contributed by atoms with Crippen LogP contribution in [0.5, 0.6) is 0 Å². The lowest BCUT2D eigenvalue weighted by Crippen LogP contribution is -2.62. The number of carbonyl (C=O) groups is 1. The van der Waals surface area contributed by atoms with E-state index in [0.717, 1.165) is 52.2 Å². The zero-order chi connectivity index (χ0) is 11.7. The van der Waals surface area contributed by atoms with Crippen molar-refractivity contribution in [3.8, 4) is 0 Å². The third-order valence-corrected chi connectivity index (χ3v) is 4.60. The molecule has 1 amide bonds. The van der Waals surface area contributed by atoms with E-state index in [-0.39, 0.29) is 5.92 Å². The Morgan fingerprint density at radius 1 is 1.18 bits per heavy atom. The number of ether oxygens (including phenoxy) is 1. The molecule has 0 atom stereocenters. The standard InChI is InChI=1S/C13H22N2O2/c16-12(11-1-7-17-8-2-11)15-9-13(10-15)3-5-14-6-4-13/h11,14H,1-10H2. The molecule has 1 spiro atoms. The van der Waals surface area contributed by atoms with Gasteiger partial charge in [0, 0.05) is 37.6 Å². The molecule has 0 aromatic rings. The van der Waals surface area contributed by atoms with Gasteiger partial charge in [-0.05, 0) is 38.8 Å². The van der Waals surface area contributed by atoms with Crippen molar-refractivity contribution in [1.29, 1.82) is 0 Å². The molecule has 0 radical (unpaired) electrons. The number of carbonyl (C=O) groups excluding carboxylic acids is 1. The van der Waals surface area contributed by atoms with Gasteiger partial charge in [-0.15, -0.1) is 0 Å². The number of amides is 1. The molecule has 3 heterocycles. The van der Waals surface area contributed by atoms with Crippen molar-refractivity contribution in [2.45, 2.75) is 25.7 Å². The number of hydrogen-bond acceptors (Lipinski definition) is 3. The summed E-state index contributed by atoms with van der Waals surface area (Å²) in [5.74, 6) is 0.625. The SMILES string of the molecule is O=C(C1CCOCC1)N1CC2(CCNCC2)C1. The lowest BCUT2D eigenvalue weighted by Gasteiger charge is -2.53. The Labute approximate surface area is 103 Å². The largest absolute Gasteiger partial charge is 0.381 e. The van der Waals surface area contributed by atoms with Gasteiger partial charge in [0.15, 0.2) is 0 Å². The second kappa shape index (κ2) is 4.58. The normalized spacial score (nSPS) is 29.1. The predicted octanol–water partition coefficient (Wildman–Crippen LogP) is 0.625. The lowest BCUT2D eigenvalue weighted by atomic mass is 9.72. The first-order valence-corrected chi connectivity index (χ1v) is 6.86. The summed E-state index contributed by atoms with van der Waals surface area (Å²) >= 11 is 0. The molecule has 3 saturated heterocycles. The van der Waals surface area contributed by atoms with E-state index in [0.29, 0.717) is 11.3 Å². The predicted molar refractivity (Wildman–Crippen MR) is 64.7 cm³/mol. The average Bonchev–Trinajstić information content (AvgIpc) is 2.37. The highest BCUT2D eigenvalue weighted by Crippen LogP contribution is 2.39.